The van der Waals surface area contributed by atoms with E-state index >= 15 is 0 Å². The van der Waals surface area contributed by atoms with Crippen LogP contribution in [0.2, 0.25) is 5.28 Å². The van der Waals surface area contributed by atoms with E-state index in [4.69, 9.17) is 17.3 Å². The minimum Gasteiger partial charge on any atom is -0.365 e. The van der Waals surface area contributed by atoms with Gasteiger partial charge in [0.25, 0.3) is 0 Å². The highest BCUT2D eigenvalue weighted by molar-refractivity contribution is 7.19. The highest BCUT2D eigenvalue weighted by atomic mass is 35.5. The van der Waals surface area contributed by atoms with E-state index in [-0.39, 0.29) is 48.5 Å². The maximum atomic E-state index is 13.8. The van der Waals surface area contributed by atoms with E-state index in [0.29, 0.717) is 11.4 Å². The monoisotopic (exact) mass is 451 g/mol. The van der Waals surface area contributed by atoms with Crippen molar-refractivity contribution in [2.45, 2.75) is 39.3 Å². The average Bonchev–Trinajstić information content (AvgIpc) is 2.90. The Morgan fingerprint density at radius 3 is 2.74 bits per heavy atom. The molecular formula is C17H21Cl3FN5S. The summed E-state index contributed by atoms with van der Waals surface area (Å²) in [5.74, 6) is 0.249. The lowest BCUT2D eigenvalue weighted by Crippen LogP contribution is -2.21. The van der Waals surface area contributed by atoms with Gasteiger partial charge < -0.3 is 11.1 Å². The molecule has 0 aliphatic carbocycles. The molecule has 0 aromatic carbocycles. The van der Waals surface area contributed by atoms with Crippen LogP contribution in [0, 0.1) is 12.7 Å². The molecule has 0 aliphatic rings. The van der Waals surface area contributed by atoms with Crippen molar-refractivity contribution in [3.05, 3.63) is 45.6 Å². The van der Waals surface area contributed by atoms with Gasteiger partial charge in [0.15, 0.2) is 0 Å². The number of thiophene rings is 1. The summed E-state index contributed by atoms with van der Waals surface area (Å²) < 4.78 is 14.7. The van der Waals surface area contributed by atoms with Crippen LogP contribution in [0.15, 0.2) is 18.5 Å². The topological polar surface area (TPSA) is 76.7 Å². The number of nitrogens with zero attached hydrogens (tertiary/aromatic N) is 3. The van der Waals surface area contributed by atoms with Crippen molar-refractivity contribution in [2.24, 2.45) is 5.73 Å². The van der Waals surface area contributed by atoms with Gasteiger partial charge in [-0.2, -0.15) is 4.98 Å². The van der Waals surface area contributed by atoms with Crippen LogP contribution in [0.25, 0.3) is 10.2 Å². The van der Waals surface area contributed by atoms with E-state index in [1.54, 1.807) is 23.6 Å². The molecular weight excluding hydrogens is 432 g/mol. The molecule has 3 rings (SSSR count). The first-order valence-corrected chi connectivity index (χ1v) is 9.22. The largest absolute Gasteiger partial charge is 0.365 e. The Morgan fingerprint density at radius 1 is 1.33 bits per heavy atom. The number of aromatic nitrogens is 3. The van der Waals surface area contributed by atoms with Crippen LogP contribution in [-0.4, -0.2) is 21.0 Å². The number of hydrogen-bond acceptors (Lipinski definition) is 6. The van der Waals surface area contributed by atoms with Crippen LogP contribution in [-0.2, 0) is 13.0 Å². The molecule has 3 N–H and O–H groups in total. The minimum absolute atomic E-state index is 0. The summed E-state index contributed by atoms with van der Waals surface area (Å²) in [6.45, 7) is 4.38. The highest BCUT2D eigenvalue weighted by Crippen LogP contribution is 2.35. The standard InChI is InChI=1S/C17H19ClFN5S.2ClH/c1-3-11(20)6-13-9(2)14-15(25-13)16(24-17(18)23-14)22-7-10-4-5-21-8-12(10)19;;/h4-5,8,11H,3,6-7,20H2,1-2H3,(H,22,23,24);2*1H. The molecule has 3 heterocycles. The number of halogens is 4. The van der Waals surface area contributed by atoms with Gasteiger partial charge in [0, 0.05) is 29.2 Å². The molecule has 5 nitrogen and oxygen atoms in total. The highest BCUT2D eigenvalue weighted by Gasteiger charge is 2.17. The average molecular weight is 453 g/mol. The molecule has 3 aromatic rings. The van der Waals surface area contributed by atoms with Gasteiger partial charge >= 0.3 is 0 Å². The second kappa shape index (κ2) is 10.3. The molecule has 0 amide bonds. The molecule has 3 aromatic heterocycles. The number of pyridine rings is 1. The van der Waals surface area contributed by atoms with Crippen LogP contribution in [0.3, 0.4) is 0 Å². The van der Waals surface area contributed by atoms with Crippen LogP contribution in [0.1, 0.15) is 29.3 Å². The van der Waals surface area contributed by atoms with Gasteiger partial charge in [0.05, 0.1) is 16.4 Å². The van der Waals surface area contributed by atoms with Crippen LogP contribution >= 0.6 is 47.8 Å². The minimum atomic E-state index is -0.358. The molecule has 0 saturated carbocycles. The van der Waals surface area contributed by atoms with Crippen LogP contribution in [0.5, 0.6) is 0 Å². The van der Waals surface area contributed by atoms with Crippen molar-refractivity contribution in [2.75, 3.05) is 5.32 Å². The number of fused-ring (bicyclic) bond motifs is 1. The summed E-state index contributed by atoms with van der Waals surface area (Å²) in [5, 5.41) is 3.33. The predicted octanol–water partition coefficient (Wildman–Crippen LogP) is 4.92. The Labute approximate surface area is 178 Å². The third kappa shape index (κ3) is 5.39. The Balaban J connectivity index is 0.00000182. The molecule has 27 heavy (non-hydrogen) atoms. The molecule has 0 spiro atoms. The normalized spacial score (nSPS) is 11.6. The third-order valence-corrected chi connectivity index (χ3v) is 5.59. The quantitative estimate of drug-likeness (QED) is 0.519. The maximum absolute atomic E-state index is 13.8. The first-order valence-electron chi connectivity index (χ1n) is 8.03. The first kappa shape index (κ1) is 23.8. The lowest BCUT2D eigenvalue weighted by Gasteiger charge is -2.07. The van der Waals surface area contributed by atoms with E-state index in [1.165, 1.54) is 11.1 Å². The van der Waals surface area contributed by atoms with Crippen LogP contribution in [0.4, 0.5) is 10.2 Å². The number of rotatable bonds is 6. The smallest absolute Gasteiger partial charge is 0.224 e. The number of nitrogens with two attached hydrogens (primary N) is 1. The molecule has 0 bridgehead atoms. The number of hydrogen-bond donors (Lipinski definition) is 2. The molecule has 0 radical (unpaired) electrons. The number of anilines is 1. The summed E-state index contributed by atoms with van der Waals surface area (Å²) in [4.78, 5) is 13.6. The molecule has 148 valence electrons. The summed E-state index contributed by atoms with van der Waals surface area (Å²) >= 11 is 7.69. The molecule has 0 fully saturated rings. The van der Waals surface area contributed by atoms with Gasteiger partial charge in [-0.1, -0.05) is 6.92 Å². The zero-order valence-corrected chi connectivity index (χ0v) is 18.0. The predicted molar refractivity (Wildman–Crippen MR) is 115 cm³/mol. The zero-order chi connectivity index (χ0) is 18.0. The van der Waals surface area contributed by atoms with Crippen molar-refractivity contribution in [3.8, 4) is 0 Å². The van der Waals surface area contributed by atoms with Gasteiger partial charge in [-0.3, -0.25) is 4.98 Å². The Hall–Kier alpha value is -1.25. The lowest BCUT2D eigenvalue weighted by atomic mass is 10.1. The number of nitrogens with one attached hydrogen (secondary N) is 1. The van der Waals surface area contributed by atoms with Crippen molar-refractivity contribution in [1.82, 2.24) is 15.0 Å². The second-order valence-electron chi connectivity index (χ2n) is 5.86. The fraction of sp³-hybridized carbons (Fsp3) is 0.353. The van der Waals surface area contributed by atoms with Gasteiger partial charge in [-0.05, 0) is 43.0 Å². The van der Waals surface area contributed by atoms with Gasteiger partial charge in [0.1, 0.15) is 11.6 Å². The van der Waals surface area contributed by atoms with E-state index in [0.717, 1.165) is 28.6 Å². The van der Waals surface area contributed by atoms with Crippen molar-refractivity contribution in [1.29, 1.82) is 0 Å². The summed E-state index contributed by atoms with van der Waals surface area (Å²) in [5.41, 5.74) is 8.51. The SMILES string of the molecule is CCC(N)Cc1sc2c(NCc3ccncc3F)nc(Cl)nc2c1C.Cl.Cl. The number of aryl methyl sites for hydroxylation is 1. The Morgan fingerprint density at radius 2 is 2.07 bits per heavy atom. The van der Waals surface area contributed by atoms with Gasteiger partial charge in [-0.25, -0.2) is 9.37 Å². The molecule has 1 unspecified atom stereocenters. The van der Waals surface area contributed by atoms with Gasteiger partial charge in [0.2, 0.25) is 5.28 Å². The van der Waals surface area contributed by atoms with E-state index in [9.17, 15) is 4.39 Å². The van der Waals surface area contributed by atoms with E-state index < -0.39 is 0 Å². The third-order valence-electron chi connectivity index (χ3n) is 4.11. The Kier molecular flexibility index (Phi) is 9.11. The van der Waals surface area contributed by atoms with E-state index in [2.05, 4.69) is 27.2 Å². The molecule has 0 aliphatic heterocycles. The van der Waals surface area contributed by atoms with Crippen molar-refractivity contribution >= 4 is 63.8 Å². The molecule has 1 atom stereocenters. The van der Waals surface area contributed by atoms with Gasteiger partial charge in [-0.15, -0.1) is 36.2 Å². The fourth-order valence-electron chi connectivity index (χ4n) is 2.53. The Bertz CT molecular complexity index is 906. The first-order chi connectivity index (χ1) is 12.0. The summed E-state index contributed by atoms with van der Waals surface area (Å²) in [6, 6.07) is 1.74. The summed E-state index contributed by atoms with van der Waals surface area (Å²) in [6.07, 6.45) is 4.45. The van der Waals surface area contributed by atoms with Crippen molar-refractivity contribution < 1.29 is 4.39 Å². The van der Waals surface area contributed by atoms with E-state index in [1.807, 2.05) is 6.92 Å². The van der Waals surface area contributed by atoms with Crippen molar-refractivity contribution in [3.63, 3.8) is 0 Å². The zero-order valence-electron chi connectivity index (χ0n) is 14.8. The lowest BCUT2D eigenvalue weighted by molar-refractivity contribution is 0.606. The van der Waals surface area contributed by atoms with Crippen LogP contribution < -0.4 is 11.1 Å². The second-order valence-corrected chi connectivity index (χ2v) is 7.31. The fourth-order valence-corrected chi connectivity index (χ4v) is 4.00. The molecule has 0 saturated heterocycles. The molecule has 10 heteroatoms. The maximum Gasteiger partial charge on any atom is 0.224 e. The summed E-state index contributed by atoms with van der Waals surface area (Å²) in [7, 11) is 0.